The Morgan fingerprint density at radius 1 is 1.18 bits per heavy atom. The lowest BCUT2D eigenvalue weighted by molar-refractivity contribution is -0.136. The molecule has 1 heterocycles. The number of hydrogen-bond acceptors (Lipinski definition) is 5. The molecule has 2 N–H and O–H groups in total. The number of anilines is 1. The second-order valence-electron chi connectivity index (χ2n) is 4.14. The van der Waals surface area contributed by atoms with E-state index in [9.17, 15) is 9.59 Å². The number of nitrogens with one attached hydrogen (secondary N) is 2. The highest BCUT2D eigenvalue weighted by atomic mass is 16.5. The van der Waals surface area contributed by atoms with Crippen molar-refractivity contribution in [2.75, 3.05) is 12.4 Å². The molecule has 0 aliphatic rings. The average Bonchev–Trinajstić information content (AvgIpc) is 2.56. The van der Waals surface area contributed by atoms with Crippen LogP contribution in [0.1, 0.15) is 5.69 Å². The second-order valence-corrected chi connectivity index (χ2v) is 4.14. The van der Waals surface area contributed by atoms with Crippen LogP contribution in [0.4, 0.5) is 5.69 Å². The van der Waals surface area contributed by atoms with Gasteiger partial charge in [0.25, 0.3) is 0 Å². The first-order valence-electron chi connectivity index (χ1n) is 6.38. The number of benzene rings is 1. The van der Waals surface area contributed by atoms with Gasteiger partial charge in [-0.1, -0.05) is 12.1 Å². The fourth-order valence-electron chi connectivity index (χ4n) is 1.55. The third kappa shape index (κ3) is 4.41. The van der Waals surface area contributed by atoms with Gasteiger partial charge in [-0.15, -0.1) is 0 Å². The van der Waals surface area contributed by atoms with Crippen molar-refractivity contribution in [2.45, 2.75) is 0 Å². The van der Waals surface area contributed by atoms with Crippen molar-refractivity contribution in [3.05, 3.63) is 54.4 Å². The summed E-state index contributed by atoms with van der Waals surface area (Å²) in [6.07, 6.45) is 2.94. The molecule has 0 unspecified atom stereocenters. The molecular formula is C15H14N4O3. The zero-order valence-corrected chi connectivity index (χ0v) is 11.8. The Bertz CT molecular complexity index is 686. The van der Waals surface area contributed by atoms with E-state index in [4.69, 9.17) is 4.74 Å². The normalized spacial score (nSPS) is 10.2. The Morgan fingerprint density at radius 2 is 2.05 bits per heavy atom. The van der Waals surface area contributed by atoms with E-state index in [1.165, 1.54) is 13.3 Å². The summed E-state index contributed by atoms with van der Waals surface area (Å²) in [5.41, 5.74) is 3.14. The van der Waals surface area contributed by atoms with Gasteiger partial charge in [0.15, 0.2) is 0 Å². The monoisotopic (exact) mass is 298 g/mol. The molecule has 0 atom stereocenters. The molecule has 7 heteroatoms. The van der Waals surface area contributed by atoms with E-state index >= 15 is 0 Å². The maximum atomic E-state index is 11.7. The van der Waals surface area contributed by atoms with E-state index in [-0.39, 0.29) is 0 Å². The Balaban J connectivity index is 1.89. The van der Waals surface area contributed by atoms with Crippen molar-refractivity contribution < 1.29 is 14.3 Å². The Labute approximate surface area is 127 Å². The number of carbonyl (C=O) groups excluding carboxylic acids is 2. The highest BCUT2D eigenvalue weighted by Crippen LogP contribution is 2.16. The molecule has 0 bridgehead atoms. The SMILES string of the molecule is COc1cccc(NC(=O)C(=O)N/N=C\c2ccccn2)c1. The van der Waals surface area contributed by atoms with E-state index in [2.05, 4.69) is 20.8 Å². The van der Waals surface area contributed by atoms with Gasteiger partial charge in [0.2, 0.25) is 0 Å². The van der Waals surface area contributed by atoms with Crippen LogP contribution in [0.15, 0.2) is 53.8 Å². The van der Waals surface area contributed by atoms with Crippen LogP contribution in [-0.4, -0.2) is 30.1 Å². The van der Waals surface area contributed by atoms with Crippen LogP contribution < -0.4 is 15.5 Å². The molecule has 0 fully saturated rings. The molecule has 0 saturated carbocycles. The molecule has 22 heavy (non-hydrogen) atoms. The molecule has 0 spiro atoms. The largest absolute Gasteiger partial charge is 0.497 e. The van der Waals surface area contributed by atoms with Crippen molar-refractivity contribution >= 4 is 23.7 Å². The van der Waals surface area contributed by atoms with Crippen molar-refractivity contribution in [1.82, 2.24) is 10.4 Å². The first-order chi connectivity index (χ1) is 10.7. The van der Waals surface area contributed by atoms with Crippen molar-refractivity contribution in [2.24, 2.45) is 5.10 Å². The van der Waals surface area contributed by atoms with Gasteiger partial charge in [-0.2, -0.15) is 5.10 Å². The number of pyridine rings is 1. The predicted octanol–water partition coefficient (Wildman–Crippen LogP) is 1.18. The number of rotatable bonds is 4. The summed E-state index contributed by atoms with van der Waals surface area (Å²) in [7, 11) is 1.51. The zero-order chi connectivity index (χ0) is 15.8. The van der Waals surface area contributed by atoms with E-state index < -0.39 is 11.8 Å². The predicted molar refractivity (Wildman–Crippen MR) is 81.6 cm³/mol. The van der Waals surface area contributed by atoms with Gasteiger partial charge in [0.05, 0.1) is 19.0 Å². The number of methoxy groups -OCH3 is 1. The standard InChI is InChI=1S/C15H14N4O3/c1-22-13-7-4-6-11(9-13)18-14(20)15(21)19-17-10-12-5-2-3-8-16-12/h2-10H,1H3,(H,18,20)(H,19,21)/b17-10-. The summed E-state index contributed by atoms with van der Waals surface area (Å²) in [4.78, 5) is 27.3. The van der Waals surface area contributed by atoms with Crippen molar-refractivity contribution in [3.8, 4) is 5.75 Å². The number of hydrazone groups is 1. The third-order valence-corrected chi connectivity index (χ3v) is 2.58. The van der Waals surface area contributed by atoms with E-state index in [1.807, 2.05) is 0 Å². The highest BCUT2D eigenvalue weighted by molar-refractivity contribution is 6.39. The van der Waals surface area contributed by atoms with Crippen LogP contribution >= 0.6 is 0 Å². The quantitative estimate of drug-likeness (QED) is 0.503. The maximum absolute atomic E-state index is 11.7. The minimum absolute atomic E-state index is 0.452. The molecule has 7 nitrogen and oxygen atoms in total. The molecule has 1 aromatic carbocycles. The van der Waals surface area contributed by atoms with Crippen molar-refractivity contribution in [3.63, 3.8) is 0 Å². The minimum atomic E-state index is -0.880. The topological polar surface area (TPSA) is 92.7 Å². The van der Waals surface area contributed by atoms with Gasteiger partial charge in [0, 0.05) is 18.0 Å². The van der Waals surface area contributed by atoms with Gasteiger partial charge >= 0.3 is 11.8 Å². The van der Waals surface area contributed by atoms with Gasteiger partial charge in [-0.05, 0) is 24.3 Å². The summed E-state index contributed by atoms with van der Waals surface area (Å²) in [6, 6.07) is 11.9. The molecule has 0 radical (unpaired) electrons. The Hall–Kier alpha value is -3.22. The van der Waals surface area contributed by atoms with E-state index in [0.29, 0.717) is 17.1 Å². The molecule has 1 aromatic heterocycles. The molecule has 2 rings (SSSR count). The zero-order valence-electron chi connectivity index (χ0n) is 11.8. The highest BCUT2D eigenvalue weighted by Gasteiger charge is 2.12. The van der Waals surface area contributed by atoms with E-state index in [0.717, 1.165) is 0 Å². The molecule has 2 amide bonds. The average molecular weight is 298 g/mol. The van der Waals surface area contributed by atoms with Crippen LogP contribution in [-0.2, 0) is 9.59 Å². The number of aromatic nitrogens is 1. The number of ether oxygens (including phenoxy) is 1. The Kier molecular flexibility index (Phi) is 5.20. The number of hydrogen-bond donors (Lipinski definition) is 2. The van der Waals surface area contributed by atoms with Crippen LogP contribution in [0.25, 0.3) is 0 Å². The second kappa shape index (κ2) is 7.53. The first-order valence-corrected chi connectivity index (χ1v) is 6.38. The molecular weight excluding hydrogens is 284 g/mol. The summed E-state index contributed by atoms with van der Waals surface area (Å²) in [5, 5.41) is 6.11. The van der Waals surface area contributed by atoms with Crippen molar-refractivity contribution in [1.29, 1.82) is 0 Å². The van der Waals surface area contributed by atoms with Crippen LogP contribution in [0.3, 0.4) is 0 Å². The fourth-order valence-corrected chi connectivity index (χ4v) is 1.55. The number of nitrogens with zero attached hydrogens (tertiary/aromatic N) is 2. The summed E-state index contributed by atoms with van der Waals surface area (Å²) >= 11 is 0. The smallest absolute Gasteiger partial charge is 0.329 e. The molecule has 112 valence electrons. The van der Waals surface area contributed by atoms with Gasteiger partial charge in [-0.3, -0.25) is 14.6 Å². The fraction of sp³-hybridized carbons (Fsp3) is 0.0667. The minimum Gasteiger partial charge on any atom is -0.497 e. The molecule has 2 aromatic rings. The lowest BCUT2D eigenvalue weighted by Crippen LogP contribution is -2.32. The molecule has 0 aliphatic heterocycles. The lowest BCUT2D eigenvalue weighted by Gasteiger charge is -2.05. The lowest BCUT2D eigenvalue weighted by atomic mass is 10.3. The van der Waals surface area contributed by atoms with Crippen LogP contribution in [0, 0.1) is 0 Å². The van der Waals surface area contributed by atoms with Gasteiger partial charge < -0.3 is 10.1 Å². The van der Waals surface area contributed by atoms with Crippen LogP contribution in [0.5, 0.6) is 5.75 Å². The van der Waals surface area contributed by atoms with Gasteiger partial charge in [-0.25, -0.2) is 5.43 Å². The molecule has 0 aliphatic carbocycles. The Morgan fingerprint density at radius 3 is 2.77 bits per heavy atom. The van der Waals surface area contributed by atoms with Crippen LogP contribution in [0.2, 0.25) is 0 Å². The third-order valence-electron chi connectivity index (χ3n) is 2.58. The first kappa shape index (κ1) is 15.2. The van der Waals surface area contributed by atoms with Gasteiger partial charge in [0.1, 0.15) is 5.75 Å². The van der Waals surface area contributed by atoms with E-state index in [1.54, 1.807) is 48.7 Å². The molecule has 0 saturated heterocycles. The number of carbonyl (C=O) groups is 2. The summed E-state index contributed by atoms with van der Waals surface area (Å²) in [6.45, 7) is 0. The number of amides is 2. The summed E-state index contributed by atoms with van der Waals surface area (Å²) < 4.78 is 5.03. The summed E-state index contributed by atoms with van der Waals surface area (Å²) in [5.74, 6) is -1.13. The maximum Gasteiger partial charge on any atom is 0.329 e.